The monoisotopic (exact) mass is 165 g/mol. The summed E-state index contributed by atoms with van der Waals surface area (Å²) in [5, 5.41) is 0. The summed E-state index contributed by atoms with van der Waals surface area (Å²) in [5.74, 6) is 0. The van der Waals surface area contributed by atoms with Crippen molar-refractivity contribution in [2.75, 3.05) is 0 Å². The molecular formula is C10H15NO. The average molecular weight is 165 g/mol. The predicted molar refractivity (Wildman–Crippen MR) is 48.9 cm³/mol. The molecule has 0 saturated heterocycles. The largest absolute Gasteiger partial charge is 0.374 e. The Morgan fingerprint density at radius 1 is 1.42 bits per heavy atom. The molecule has 0 aliphatic carbocycles. The number of hydrogen-bond donors (Lipinski definition) is 0. The van der Waals surface area contributed by atoms with Gasteiger partial charge in [0.15, 0.2) is 0 Å². The van der Waals surface area contributed by atoms with E-state index in [0.29, 0.717) is 6.61 Å². The Balaban J connectivity index is 2.48. The van der Waals surface area contributed by atoms with Crippen LogP contribution in [0.5, 0.6) is 0 Å². The minimum Gasteiger partial charge on any atom is -0.374 e. The van der Waals surface area contributed by atoms with Crippen LogP contribution in [0, 0.1) is 6.92 Å². The lowest BCUT2D eigenvalue weighted by molar-refractivity contribution is 0.0655. The number of rotatable bonds is 3. The molecule has 66 valence electrons. The Morgan fingerprint density at radius 3 is 2.67 bits per heavy atom. The number of ether oxygens (including phenoxy) is 1. The number of aromatic nitrogens is 1. The Hall–Kier alpha value is -0.890. The molecule has 1 rings (SSSR count). The summed E-state index contributed by atoms with van der Waals surface area (Å²) in [7, 11) is 0. The highest BCUT2D eigenvalue weighted by atomic mass is 16.5. The molecule has 0 N–H and O–H groups in total. The van der Waals surface area contributed by atoms with Gasteiger partial charge in [0, 0.05) is 11.9 Å². The van der Waals surface area contributed by atoms with Crippen molar-refractivity contribution in [3.63, 3.8) is 0 Å². The topological polar surface area (TPSA) is 22.1 Å². The summed E-state index contributed by atoms with van der Waals surface area (Å²) in [6.45, 7) is 6.70. The van der Waals surface area contributed by atoms with Crippen molar-refractivity contribution in [3.05, 3.63) is 29.6 Å². The fourth-order valence-corrected chi connectivity index (χ4v) is 0.847. The molecule has 2 nitrogen and oxygen atoms in total. The van der Waals surface area contributed by atoms with Crippen LogP contribution < -0.4 is 0 Å². The predicted octanol–water partition coefficient (Wildman–Crippen LogP) is 2.32. The van der Waals surface area contributed by atoms with Gasteiger partial charge in [0.05, 0.1) is 12.7 Å². The van der Waals surface area contributed by atoms with E-state index in [1.807, 2.05) is 39.1 Å². The van der Waals surface area contributed by atoms with E-state index < -0.39 is 0 Å². The second-order valence-electron chi connectivity index (χ2n) is 3.17. The van der Waals surface area contributed by atoms with Gasteiger partial charge in [-0.25, -0.2) is 0 Å². The second-order valence-corrected chi connectivity index (χ2v) is 3.17. The van der Waals surface area contributed by atoms with Crippen LogP contribution in [0.15, 0.2) is 18.3 Å². The van der Waals surface area contributed by atoms with Gasteiger partial charge in [0.2, 0.25) is 0 Å². The third-order valence-corrected chi connectivity index (χ3v) is 1.56. The number of pyridine rings is 1. The van der Waals surface area contributed by atoms with Crippen LogP contribution in [0.25, 0.3) is 0 Å². The minimum atomic E-state index is 0.284. The zero-order valence-corrected chi connectivity index (χ0v) is 7.87. The molecule has 1 aromatic heterocycles. The number of aryl methyl sites for hydroxylation is 1. The van der Waals surface area contributed by atoms with Gasteiger partial charge in [0.25, 0.3) is 0 Å². The van der Waals surface area contributed by atoms with Crippen molar-refractivity contribution in [2.45, 2.75) is 33.5 Å². The van der Waals surface area contributed by atoms with Crippen LogP contribution in [0.3, 0.4) is 0 Å². The van der Waals surface area contributed by atoms with Crippen molar-refractivity contribution in [1.29, 1.82) is 0 Å². The molecule has 0 unspecified atom stereocenters. The van der Waals surface area contributed by atoms with Gasteiger partial charge < -0.3 is 4.74 Å². The van der Waals surface area contributed by atoms with Crippen molar-refractivity contribution >= 4 is 0 Å². The van der Waals surface area contributed by atoms with E-state index in [0.717, 1.165) is 11.3 Å². The molecule has 0 aromatic carbocycles. The summed E-state index contributed by atoms with van der Waals surface area (Å²) in [6.07, 6.45) is 2.14. The highest BCUT2D eigenvalue weighted by Gasteiger charge is 1.95. The van der Waals surface area contributed by atoms with Crippen LogP contribution in [-0.4, -0.2) is 11.1 Å². The van der Waals surface area contributed by atoms with E-state index in [2.05, 4.69) is 4.98 Å². The molecule has 0 radical (unpaired) electrons. The fourth-order valence-electron chi connectivity index (χ4n) is 0.847. The third-order valence-electron chi connectivity index (χ3n) is 1.56. The average Bonchev–Trinajstić information content (AvgIpc) is 2.03. The molecule has 0 aliphatic heterocycles. The number of nitrogens with zero attached hydrogens (tertiary/aromatic N) is 1. The first-order valence-corrected chi connectivity index (χ1v) is 4.21. The first-order valence-electron chi connectivity index (χ1n) is 4.21. The Labute approximate surface area is 73.6 Å². The van der Waals surface area contributed by atoms with Crippen molar-refractivity contribution < 1.29 is 4.74 Å². The molecule has 0 saturated carbocycles. The molecule has 1 heterocycles. The Morgan fingerprint density at radius 2 is 2.17 bits per heavy atom. The normalized spacial score (nSPS) is 10.7. The highest BCUT2D eigenvalue weighted by Crippen LogP contribution is 2.02. The highest BCUT2D eigenvalue weighted by molar-refractivity contribution is 5.11. The van der Waals surface area contributed by atoms with Gasteiger partial charge in [0.1, 0.15) is 0 Å². The SMILES string of the molecule is Cc1ccc(COC(C)C)cn1. The van der Waals surface area contributed by atoms with Crippen LogP contribution in [0.4, 0.5) is 0 Å². The lowest BCUT2D eigenvalue weighted by atomic mass is 10.3. The zero-order chi connectivity index (χ0) is 8.97. The minimum absolute atomic E-state index is 0.284. The molecule has 2 heteroatoms. The molecule has 0 aliphatic rings. The summed E-state index contributed by atoms with van der Waals surface area (Å²) >= 11 is 0. The van der Waals surface area contributed by atoms with Gasteiger partial charge in [-0.05, 0) is 32.4 Å². The molecule has 0 amide bonds. The first-order chi connectivity index (χ1) is 5.68. The zero-order valence-electron chi connectivity index (χ0n) is 7.87. The quantitative estimate of drug-likeness (QED) is 0.685. The number of hydrogen-bond acceptors (Lipinski definition) is 2. The summed E-state index contributed by atoms with van der Waals surface area (Å²) in [6, 6.07) is 4.05. The molecule has 1 aromatic rings. The van der Waals surface area contributed by atoms with E-state index in [9.17, 15) is 0 Å². The standard InChI is InChI=1S/C10H15NO/c1-8(2)12-7-10-5-4-9(3)11-6-10/h4-6,8H,7H2,1-3H3. The smallest absolute Gasteiger partial charge is 0.0735 e. The van der Waals surface area contributed by atoms with E-state index in [1.165, 1.54) is 0 Å². The fraction of sp³-hybridized carbons (Fsp3) is 0.500. The first kappa shape index (κ1) is 9.20. The van der Waals surface area contributed by atoms with E-state index in [1.54, 1.807) is 0 Å². The van der Waals surface area contributed by atoms with Crippen LogP contribution in [0.1, 0.15) is 25.1 Å². The molecule has 0 fully saturated rings. The van der Waals surface area contributed by atoms with Crippen molar-refractivity contribution in [1.82, 2.24) is 4.98 Å². The van der Waals surface area contributed by atoms with Crippen molar-refractivity contribution in [3.8, 4) is 0 Å². The molecule has 0 bridgehead atoms. The van der Waals surface area contributed by atoms with Gasteiger partial charge in [-0.3, -0.25) is 4.98 Å². The van der Waals surface area contributed by atoms with Crippen LogP contribution >= 0.6 is 0 Å². The van der Waals surface area contributed by atoms with E-state index in [4.69, 9.17) is 4.74 Å². The molecular weight excluding hydrogens is 150 g/mol. The van der Waals surface area contributed by atoms with Crippen molar-refractivity contribution in [2.24, 2.45) is 0 Å². The lowest BCUT2D eigenvalue weighted by Crippen LogP contribution is -2.02. The Bertz CT molecular complexity index is 228. The molecule has 12 heavy (non-hydrogen) atoms. The second kappa shape index (κ2) is 4.21. The summed E-state index contributed by atoms with van der Waals surface area (Å²) in [4.78, 5) is 4.18. The third kappa shape index (κ3) is 3.01. The van der Waals surface area contributed by atoms with E-state index in [-0.39, 0.29) is 6.10 Å². The van der Waals surface area contributed by atoms with Gasteiger partial charge in [-0.15, -0.1) is 0 Å². The summed E-state index contributed by atoms with van der Waals surface area (Å²) < 4.78 is 5.43. The maximum absolute atomic E-state index is 5.43. The maximum Gasteiger partial charge on any atom is 0.0735 e. The maximum atomic E-state index is 5.43. The van der Waals surface area contributed by atoms with Gasteiger partial charge in [-0.2, -0.15) is 0 Å². The van der Waals surface area contributed by atoms with Crippen LogP contribution in [-0.2, 0) is 11.3 Å². The van der Waals surface area contributed by atoms with Gasteiger partial charge >= 0.3 is 0 Å². The van der Waals surface area contributed by atoms with Gasteiger partial charge in [-0.1, -0.05) is 6.07 Å². The lowest BCUT2D eigenvalue weighted by Gasteiger charge is -2.06. The van der Waals surface area contributed by atoms with Crippen LogP contribution in [0.2, 0.25) is 0 Å². The Kier molecular flexibility index (Phi) is 3.23. The molecule has 0 spiro atoms. The van der Waals surface area contributed by atoms with E-state index >= 15 is 0 Å². The molecule has 0 atom stereocenters. The summed E-state index contributed by atoms with van der Waals surface area (Å²) in [5.41, 5.74) is 2.18.